The summed E-state index contributed by atoms with van der Waals surface area (Å²) in [5, 5.41) is 0. The highest BCUT2D eigenvalue weighted by atomic mass is 16.1. The van der Waals surface area contributed by atoms with Crippen molar-refractivity contribution < 1.29 is 4.79 Å². The zero-order valence-corrected chi connectivity index (χ0v) is 11.2. The average molecular weight is 258 g/mol. The van der Waals surface area contributed by atoms with Crippen molar-refractivity contribution in [3.05, 3.63) is 52.7 Å². The van der Waals surface area contributed by atoms with Crippen LogP contribution in [0, 0.1) is 0 Å². The molecule has 4 nitrogen and oxygen atoms in total. The first-order valence-corrected chi connectivity index (χ1v) is 6.46. The standard InChI is InChI=1S/C15H18N2O2/c1-12(2)16-9-10-17(15(16)19)14-8-4-3-6-13(14)7-5-11-18/h3-4,6,8-12H,5,7H2,1-2H3. The van der Waals surface area contributed by atoms with E-state index in [1.54, 1.807) is 21.5 Å². The zero-order chi connectivity index (χ0) is 13.8. The highest BCUT2D eigenvalue weighted by Crippen LogP contribution is 2.15. The molecule has 0 aliphatic heterocycles. The van der Waals surface area contributed by atoms with Gasteiger partial charge in [0, 0.05) is 24.9 Å². The number of carbonyl (C=O) groups is 1. The first-order chi connectivity index (χ1) is 9.15. The third-order valence-corrected chi connectivity index (χ3v) is 3.14. The molecule has 0 radical (unpaired) electrons. The Bertz CT molecular complexity index is 623. The van der Waals surface area contributed by atoms with Gasteiger partial charge in [-0.3, -0.25) is 9.13 Å². The van der Waals surface area contributed by atoms with E-state index in [0.29, 0.717) is 12.8 Å². The number of rotatable bonds is 5. The van der Waals surface area contributed by atoms with Gasteiger partial charge in [-0.05, 0) is 31.9 Å². The lowest BCUT2D eigenvalue weighted by Gasteiger charge is -2.09. The van der Waals surface area contributed by atoms with E-state index >= 15 is 0 Å². The van der Waals surface area contributed by atoms with E-state index in [1.165, 1.54) is 0 Å². The average Bonchev–Trinajstić information content (AvgIpc) is 2.78. The quantitative estimate of drug-likeness (QED) is 0.773. The van der Waals surface area contributed by atoms with Gasteiger partial charge in [-0.15, -0.1) is 0 Å². The second kappa shape index (κ2) is 5.69. The molecule has 0 aliphatic carbocycles. The van der Waals surface area contributed by atoms with Crippen LogP contribution in [0.15, 0.2) is 41.5 Å². The number of aldehydes is 1. The predicted octanol–water partition coefficient (Wildman–Crippen LogP) is 2.35. The Hall–Kier alpha value is -2.10. The van der Waals surface area contributed by atoms with Gasteiger partial charge in [0.15, 0.2) is 0 Å². The molecule has 1 aromatic heterocycles. The molecule has 19 heavy (non-hydrogen) atoms. The molecule has 4 heteroatoms. The van der Waals surface area contributed by atoms with Crippen LogP contribution in [0.3, 0.4) is 0 Å². The lowest BCUT2D eigenvalue weighted by molar-refractivity contribution is -0.107. The van der Waals surface area contributed by atoms with Crippen LogP contribution in [0.4, 0.5) is 0 Å². The maximum absolute atomic E-state index is 12.3. The number of hydrogen-bond acceptors (Lipinski definition) is 2. The van der Waals surface area contributed by atoms with E-state index in [1.807, 2.05) is 38.1 Å². The summed E-state index contributed by atoms with van der Waals surface area (Å²) < 4.78 is 3.33. The van der Waals surface area contributed by atoms with Crippen molar-refractivity contribution in [1.29, 1.82) is 0 Å². The zero-order valence-electron chi connectivity index (χ0n) is 11.2. The summed E-state index contributed by atoms with van der Waals surface area (Å²) in [6.07, 6.45) is 5.60. The molecule has 0 saturated heterocycles. The molecular weight excluding hydrogens is 240 g/mol. The third kappa shape index (κ3) is 2.67. The molecule has 0 unspecified atom stereocenters. The van der Waals surface area contributed by atoms with E-state index in [4.69, 9.17) is 0 Å². The molecule has 1 aromatic carbocycles. The smallest absolute Gasteiger partial charge is 0.303 e. The number of aromatic nitrogens is 2. The van der Waals surface area contributed by atoms with E-state index < -0.39 is 0 Å². The van der Waals surface area contributed by atoms with Crippen LogP contribution in [-0.4, -0.2) is 15.4 Å². The summed E-state index contributed by atoms with van der Waals surface area (Å²) in [5.74, 6) is 0. The first kappa shape index (κ1) is 13.3. The summed E-state index contributed by atoms with van der Waals surface area (Å²) >= 11 is 0. The van der Waals surface area contributed by atoms with Gasteiger partial charge in [0.05, 0.1) is 5.69 Å². The van der Waals surface area contributed by atoms with Crippen molar-refractivity contribution in [3.63, 3.8) is 0 Å². The predicted molar refractivity (Wildman–Crippen MR) is 74.8 cm³/mol. The Morgan fingerprint density at radius 1 is 1.21 bits per heavy atom. The van der Waals surface area contributed by atoms with Gasteiger partial charge in [-0.1, -0.05) is 18.2 Å². The van der Waals surface area contributed by atoms with E-state index in [0.717, 1.165) is 17.5 Å². The number of imidazole rings is 1. The van der Waals surface area contributed by atoms with Crippen molar-refractivity contribution in [1.82, 2.24) is 9.13 Å². The molecule has 0 amide bonds. The van der Waals surface area contributed by atoms with Crippen molar-refractivity contribution in [2.24, 2.45) is 0 Å². The number of nitrogens with zero attached hydrogens (tertiary/aromatic N) is 2. The lowest BCUT2D eigenvalue weighted by Crippen LogP contribution is -2.24. The number of carbonyl (C=O) groups excluding carboxylic acids is 1. The molecule has 0 spiro atoms. The molecule has 100 valence electrons. The van der Waals surface area contributed by atoms with Gasteiger partial charge in [-0.25, -0.2) is 4.79 Å². The Labute approximate surface area is 112 Å². The van der Waals surface area contributed by atoms with Crippen molar-refractivity contribution in [2.75, 3.05) is 0 Å². The minimum atomic E-state index is -0.0476. The SMILES string of the molecule is CC(C)n1ccn(-c2ccccc2CCC=O)c1=O. The molecule has 1 heterocycles. The molecule has 0 aliphatic rings. The van der Waals surface area contributed by atoms with Crippen LogP contribution in [0.25, 0.3) is 5.69 Å². The van der Waals surface area contributed by atoms with Crippen LogP contribution in [0.1, 0.15) is 31.9 Å². The van der Waals surface area contributed by atoms with E-state index in [2.05, 4.69) is 0 Å². The van der Waals surface area contributed by atoms with Gasteiger partial charge < -0.3 is 4.79 Å². The number of para-hydroxylation sites is 1. The molecule has 0 bridgehead atoms. The third-order valence-electron chi connectivity index (χ3n) is 3.14. The van der Waals surface area contributed by atoms with Crippen LogP contribution in [0.2, 0.25) is 0 Å². The van der Waals surface area contributed by atoms with Crippen LogP contribution in [-0.2, 0) is 11.2 Å². The number of benzene rings is 1. The summed E-state index contributed by atoms with van der Waals surface area (Å²) in [6, 6.07) is 7.83. The van der Waals surface area contributed by atoms with Crippen LogP contribution in [0.5, 0.6) is 0 Å². The monoisotopic (exact) mass is 258 g/mol. The van der Waals surface area contributed by atoms with Crippen molar-refractivity contribution >= 4 is 6.29 Å². The molecule has 0 atom stereocenters. The van der Waals surface area contributed by atoms with E-state index in [9.17, 15) is 9.59 Å². The van der Waals surface area contributed by atoms with Gasteiger partial charge in [0.25, 0.3) is 0 Å². The fourth-order valence-corrected chi connectivity index (χ4v) is 2.14. The largest absolute Gasteiger partial charge is 0.332 e. The minimum absolute atomic E-state index is 0.0476. The molecule has 2 rings (SSSR count). The normalized spacial score (nSPS) is 10.9. The Morgan fingerprint density at radius 3 is 2.58 bits per heavy atom. The maximum Gasteiger partial charge on any atom is 0.332 e. The van der Waals surface area contributed by atoms with Gasteiger partial charge in [0.2, 0.25) is 0 Å². The van der Waals surface area contributed by atoms with E-state index in [-0.39, 0.29) is 11.7 Å². The molecule has 0 fully saturated rings. The summed E-state index contributed by atoms with van der Waals surface area (Å²) in [7, 11) is 0. The Morgan fingerprint density at radius 2 is 1.95 bits per heavy atom. The highest BCUT2D eigenvalue weighted by molar-refractivity contribution is 5.51. The molecule has 0 N–H and O–H groups in total. The van der Waals surface area contributed by atoms with Crippen molar-refractivity contribution in [3.8, 4) is 5.69 Å². The van der Waals surface area contributed by atoms with Gasteiger partial charge >= 0.3 is 5.69 Å². The lowest BCUT2D eigenvalue weighted by atomic mass is 10.1. The second-order valence-electron chi connectivity index (χ2n) is 4.79. The molecular formula is C15H18N2O2. The maximum atomic E-state index is 12.3. The van der Waals surface area contributed by atoms with Crippen LogP contribution >= 0.6 is 0 Å². The topological polar surface area (TPSA) is 44.0 Å². The molecule has 0 saturated carbocycles. The van der Waals surface area contributed by atoms with Gasteiger partial charge in [-0.2, -0.15) is 0 Å². The summed E-state index contributed by atoms with van der Waals surface area (Å²) in [6.45, 7) is 3.95. The molecule has 2 aromatic rings. The summed E-state index contributed by atoms with van der Waals surface area (Å²) in [4.78, 5) is 22.8. The second-order valence-corrected chi connectivity index (χ2v) is 4.79. The van der Waals surface area contributed by atoms with Crippen LogP contribution < -0.4 is 5.69 Å². The summed E-state index contributed by atoms with van der Waals surface area (Å²) in [5.41, 5.74) is 1.82. The highest BCUT2D eigenvalue weighted by Gasteiger charge is 2.10. The van der Waals surface area contributed by atoms with Crippen molar-refractivity contribution in [2.45, 2.75) is 32.7 Å². The minimum Gasteiger partial charge on any atom is -0.303 e. The fraction of sp³-hybridized carbons (Fsp3) is 0.333. The Balaban J connectivity index is 2.47. The number of hydrogen-bond donors (Lipinski definition) is 0. The number of aryl methyl sites for hydroxylation is 1. The Kier molecular flexibility index (Phi) is 4.00. The fourth-order valence-electron chi connectivity index (χ4n) is 2.14. The first-order valence-electron chi connectivity index (χ1n) is 6.46. The van der Waals surface area contributed by atoms with Gasteiger partial charge in [0.1, 0.15) is 6.29 Å².